The summed E-state index contributed by atoms with van der Waals surface area (Å²) < 4.78 is 11.7. The Bertz CT molecular complexity index is 1020. The third kappa shape index (κ3) is 5.67. The predicted octanol–water partition coefficient (Wildman–Crippen LogP) is -4.22. The Morgan fingerprint density at radius 3 is 2.70 bits per heavy atom. The Morgan fingerprint density at radius 1 is 1.45 bits per heavy atom. The fourth-order valence-electron chi connectivity index (χ4n) is 3.61. The van der Waals surface area contributed by atoms with Gasteiger partial charge in [-0.3, -0.25) is 4.79 Å². The van der Waals surface area contributed by atoms with Crippen molar-refractivity contribution in [3.63, 3.8) is 0 Å². The van der Waals surface area contributed by atoms with E-state index >= 15 is 0 Å². The van der Waals surface area contributed by atoms with Gasteiger partial charge in [-0.25, -0.2) is 0 Å². The van der Waals surface area contributed by atoms with E-state index < -0.39 is 61.1 Å². The molecule has 0 saturated carbocycles. The fraction of sp³-hybridized carbons (Fsp3) is 0.474. The van der Waals surface area contributed by atoms with Crippen molar-refractivity contribution >= 4 is 50.3 Å². The molecule has 1 aromatic carbocycles. The van der Waals surface area contributed by atoms with Gasteiger partial charge in [0.05, 0.1) is 34.7 Å². The molecule has 11 nitrogen and oxygen atoms in total. The van der Waals surface area contributed by atoms with E-state index in [-0.39, 0.29) is 40.3 Å². The number of fused-ring (bicyclic) bond motifs is 1. The van der Waals surface area contributed by atoms with Gasteiger partial charge >= 0.3 is 29.6 Å². The predicted molar refractivity (Wildman–Crippen MR) is 112 cm³/mol. The van der Waals surface area contributed by atoms with E-state index in [1.807, 2.05) is 0 Å². The number of carboxylic acids is 1. The maximum Gasteiger partial charge on any atom is 1.00 e. The minimum absolute atomic E-state index is 0. The van der Waals surface area contributed by atoms with Crippen LogP contribution in [-0.4, -0.2) is 80.1 Å². The van der Waals surface area contributed by atoms with Crippen LogP contribution in [0.5, 0.6) is 5.75 Å². The molecule has 0 aliphatic carbocycles. The summed E-state index contributed by atoms with van der Waals surface area (Å²) in [5.74, 6) is -5.16. The maximum atomic E-state index is 12.2. The van der Waals surface area contributed by atoms with Gasteiger partial charge in [-0.05, 0) is 28.1 Å². The number of rotatable bonds is 7. The Hall–Kier alpha value is -0.930. The van der Waals surface area contributed by atoms with Crippen molar-refractivity contribution in [2.45, 2.75) is 49.6 Å². The number of amides is 1. The van der Waals surface area contributed by atoms with E-state index in [1.165, 1.54) is 6.20 Å². The molecule has 1 fully saturated rings. The first-order valence-corrected chi connectivity index (χ1v) is 10.6. The van der Waals surface area contributed by atoms with Crippen molar-refractivity contribution in [2.24, 2.45) is 0 Å². The number of carboxylic acid groups (broad SMARTS) is 1. The average molecular weight is 560 g/mol. The first-order valence-electron chi connectivity index (χ1n) is 9.46. The molecule has 0 bridgehead atoms. The quantitative estimate of drug-likeness (QED) is 0.183. The van der Waals surface area contributed by atoms with Gasteiger partial charge in [0.15, 0.2) is 0 Å². The summed E-state index contributed by atoms with van der Waals surface area (Å²) in [7, 11) is 0. The second kappa shape index (κ2) is 11.2. The molecule has 6 N–H and O–H groups in total. The molecule has 0 unspecified atom stereocenters. The number of aromatic amines is 1. The van der Waals surface area contributed by atoms with Gasteiger partial charge in [0.2, 0.25) is 5.91 Å². The number of nitrogens with one attached hydrogen (secondary N) is 2. The molecular weight excluding hydrogens is 539 g/mol. The molecular formula is C19H21BrClN2NaO9. The third-order valence-corrected chi connectivity index (χ3v) is 6.43. The fourth-order valence-corrected chi connectivity index (χ4v) is 4.20. The van der Waals surface area contributed by atoms with E-state index in [9.17, 15) is 35.1 Å². The molecule has 3 rings (SSSR count). The molecule has 1 amide bonds. The van der Waals surface area contributed by atoms with Crippen LogP contribution >= 0.6 is 27.5 Å². The number of benzene rings is 1. The second-order valence-electron chi connectivity index (χ2n) is 7.40. The summed E-state index contributed by atoms with van der Waals surface area (Å²) in [5, 5.41) is 55.2. The second-order valence-corrected chi connectivity index (χ2v) is 8.63. The Kier molecular flexibility index (Phi) is 9.61. The van der Waals surface area contributed by atoms with Crippen LogP contribution in [-0.2, 0) is 14.3 Å². The molecule has 0 spiro atoms. The Balaban J connectivity index is 0.00000385. The number of ether oxygens (including phenoxy) is 2. The zero-order chi connectivity index (χ0) is 23.8. The number of aliphatic carboxylic acids is 1. The minimum Gasteiger partial charge on any atom is -0.543 e. The van der Waals surface area contributed by atoms with Crippen molar-refractivity contribution in [2.75, 3.05) is 6.61 Å². The molecule has 2 aromatic rings. The van der Waals surface area contributed by atoms with Gasteiger partial charge in [0.1, 0.15) is 30.0 Å². The normalized spacial score (nSPS) is 26.8. The molecule has 1 saturated heterocycles. The topological polar surface area (TPSA) is 184 Å². The third-order valence-electron chi connectivity index (χ3n) is 5.15. The van der Waals surface area contributed by atoms with Gasteiger partial charge in [0, 0.05) is 24.0 Å². The van der Waals surface area contributed by atoms with Crippen LogP contribution in [0, 0.1) is 0 Å². The standard InChI is InChI=1S/C19H22BrClN2O9.Na/c1-7(25)23-15-10(26)4-19(18(29)30,32-17(15)16(28)11(27)6-24)31-12-5-22-9-3-2-8(20)14(21)13(9)12;/h2-3,5,10-11,15-17,22,24,26-28H,4,6H2,1H3,(H,23,25)(H,29,30);/q;+1/p-1/t10-,11-,15-,16+,17-,19-;/m1./s1. The molecule has 6 atom stereocenters. The number of halogens is 2. The number of carbonyl (C=O) groups excluding carboxylic acids is 2. The van der Waals surface area contributed by atoms with E-state index in [0.29, 0.717) is 15.4 Å². The molecule has 1 aromatic heterocycles. The Morgan fingerprint density at radius 2 is 2.12 bits per heavy atom. The molecule has 2 heterocycles. The first-order chi connectivity index (χ1) is 15.0. The number of aromatic nitrogens is 1. The summed E-state index contributed by atoms with van der Waals surface area (Å²) in [4.78, 5) is 26.6. The molecule has 176 valence electrons. The van der Waals surface area contributed by atoms with E-state index in [2.05, 4.69) is 26.2 Å². The van der Waals surface area contributed by atoms with Crippen LogP contribution in [0.4, 0.5) is 0 Å². The monoisotopic (exact) mass is 558 g/mol. The number of carbonyl (C=O) groups is 2. The molecule has 33 heavy (non-hydrogen) atoms. The van der Waals surface area contributed by atoms with Gasteiger partial charge in [-0.2, -0.15) is 0 Å². The van der Waals surface area contributed by atoms with Gasteiger partial charge in [-0.15, -0.1) is 0 Å². The maximum absolute atomic E-state index is 12.2. The number of hydrogen-bond acceptors (Lipinski definition) is 9. The smallest absolute Gasteiger partial charge is 0.543 e. The summed E-state index contributed by atoms with van der Waals surface area (Å²) >= 11 is 9.58. The van der Waals surface area contributed by atoms with Crippen LogP contribution in [0.1, 0.15) is 13.3 Å². The summed E-state index contributed by atoms with van der Waals surface area (Å²) in [6, 6.07) is 2.01. The van der Waals surface area contributed by atoms with Gasteiger partial charge < -0.3 is 50.1 Å². The first kappa shape index (κ1) is 28.3. The molecule has 14 heteroatoms. The minimum atomic E-state index is -2.63. The van der Waals surface area contributed by atoms with Crippen molar-refractivity contribution < 1.29 is 74.2 Å². The van der Waals surface area contributed by atoms with Crippen LogP contribution < -0.4 is 44.7 Å². The van der Waals surface area contributed by atoms with E-state index in [0.717, 1.165) is 6.92 Å². The van der Waals surface area contributed by atoms with Crippen molar-refractivity contribution in [1.82, 2.24) is 10.3 Å². The number of aliphatic hydroxyl groups is 4. The SMILES string of the molecule is CC(=O)N[C@H]1[C@H]([C@@H](O)[C@H](O)CO)O[C@@](Oc2c[nH]c3ccc(Br)c(Cl)c23)(C(=O)[O-])C[C@H]1O.[Na+]. The summed E-state index contributed by atoms with van der Waals surface area (Å²) in [6.45, 7) is 0.247. The number of H-pyrrole nitrogens is 1. The van der Waals surface area contributed by atoms with Gasteiger partial charge in [-0.1, -0.05) is 11.6 Å². The van der Waals surface area contributed by atoms with Crippen molar-refractivity contribution in [3.05, 3.63) is 27.8 Å². The van der Waals surface area contributed by atoms with Gasteiger partial charge in [0.25, 0.3) is 5.79 Å². The summed E-state index contributed by atoms with van der Waals surface area (Å²) in [5.41, 5.74) is 0.515. The number of hydrogen-bond donors (Lipinski definition) is 6. The summed E-state index contributed by atoms with van der Waals surface area (Å²) in [6.07, 6.45) is -6.30. The largest absolute Gasteiger partial charge is 1.00 e. The van der Waals surface area contributed by atoms with Crippen LogP contribution in [0.2, 0.25) is 5.02 Å². The van der Waals surface area contributed by atoms with Crippen molar-refractivity contribution in [1.29, 1.82) is 0 Å². The number of aliphatic hydroxyl groups excluding tert-OH is 4. The van der Waals surface area contributed by atoms with E-state index in [1.54, 1.807) is 12.1 Å². The Labute approximate surface area is 223 Å². The van der Waals surface area contributed by atoms with Crippen LogP contribution in [0.25, 0.3) is 10.9 Å². The van der Waals surface area contributed by atoms with Crippen LogP contribution in [0.15, 0.2) is 22.8 Å². The zero-order valence-corrected chi connectivity index (χ0v) is 22.0. The van der Waals surface area contributed by atoms with Crippen molar-refractivity contribution in [3.8, 4) is 5.75 Å². The molecule has 0 radical (unpaired) electrons. The average Bonchev–Trinajstić information content (AvgIpc) is 3.14. The van der Waals surface area contributed by atoms with Crippen LogP contribution in [0.3, 0.4) is 0 Å². The molecule has 1 aliphatic rings. The molecule has 1 aliphatic heterocycles. The zero-order valence-electron chi connectivity index (χ0n) is 17.6. The van der Waals surface area contributed by atoms with E-state index in [4.69, 9.17) is 21.1 Å².